The van der Waals surface area contributed by atoms with Crippen molar-refractivity contribution in [2.75, 3.05) is 6.61 Å². The van der Waals surface area contributed by atoms with Crippen LogP contribution < -0.4 is 5.73 Å². The maximum atomic E-state index is 13.3. The van der Waals surface area contributed by atoms with E-state index in [0.29, 0.717) is 12.1 Å². The topological polar surface area (TPSA) is 63.5 Å². The smallest absolute Gasteiger partial charge is 0.173 e. The fraction of sp³-hybridized carbons (Fsp3) is 0.300. The van der Waals surface area contributed by atoms with E-state index in [4.69, 9.17) is 10.8 Å². The summed E-state index contributed by atoms with van der Waals surface area (Å²) in [5.74, 6) is -0.375. The number of aliphatic hydroxyl groups is 1. The summed E-state index contributed by atoms with van der Waals surface area (Å²) in [6, 6.07) is 2.62. The highest BCUT2D eigenvalue weighted by Crippen LogP contribution is 2.17. The number of hydrogen-bond donors (Lipinski definition) is 2. The number of aromatic nitrogens is 2. The van der Waals surface area contributed by atoms with Crippen molar-refractivity contribution in [2.45, 2.75) is 12.5 Å². The van der Waals surface area contributed by atoms with Gasteiger partial charge in [-0.3, -0.25) is 0 Å². The molecule has 1 atom stereocenters. The molecule has 0 aromatic carbocycles. The molecular weight excluding hydrogens is 197 g/mol. The van der Waals surface area contributed by atoms with Crippen LogP contribution in [0, 0.1) is 5.82 Å². The molecule has 80 valence electrons. The van der Waals surface area contributed by atoms with Gasteiger partial charge in [0.25, 0.3) is 0 Å². The van der Waals surface area contributed by atoms with E-state index in [1.165, 1.54) is 6.07 Å². The first-order valence-electron chi connectivity index (χ1n) is 4.72. The highest BCUT2D eigenvalue weighted by atomic mass is 19.1. The Bertz CT molecular complexity index is 469. The largest absolute Gasteiger partial charge is 0.396 e. The second kappa shape index (κ2) is 3.96. The average Bonchev–Trinajstić information content (AvgIpc) is 2.63. The fourth-order valence-electron chi connectivity index (χ4n) is 1.56. The van der Waals surface area contributed by atoms with Gasteiger partial charge in [-0.25, -0.2) is 9.37 Å². The highest BCUT2D eigenvalue weighted by molar-refractivity contribution is 5.42. The van der Waals surface area contributed by atoms with Crippen molar-refractivity contribution in [3.63, 3.8) is 0 Å². The van der Waals surface area contributed by atoms with Crippen LogP contribution in [0.2, 0.25) is 0 Å². The average molecular weight is 209 g/mol. The molecule has 1 unspecified atom stereocenters. The lowest BCUT2D eigenvalue weighted by atomic mass is 10.2. The summed E-state index contributed by atoms with van der Waals surface area (Å²) < 4.78 is 14.9. The first-order chi connectivity index (χ1) is 7.24. The second-order valence-corrected chi connectivity index (χ2v) is 3.35. The maximum Gasteiger partial charge on any atom is 0.173 e. The van der Waals surface area contributed by atoms with E-state index in [-0.39, 0.29) is 24.1 Å². The van der Waals surface area contributed by atoms with E-state index in [2.05, 4.69) is 4.98 Å². The third-order valence-electron chi connectivity index (χ3n) is 2.34. The molecule has 0 aliphatic rings. The second-order valence-electron chi connectivity index (χ2n) is 3.35. The van der Waals surface area contributed by atoms with Gasteiger partial charge >= 0.3 is 0 Å². The molecule has 2 aromatic rings. The van der Waals surface area contributed by atoms with Gasteiger partial charge in [0.15, 0.2) is 11.5 Å². The Morgan fingerprint density at radius 2 is 2.40 bits per heavy atom. The molecular formula is C10H12FN3O. The third kappa shape index (κ3) is 1.71. The molecule has 0 fully saturated rings. The van der Waals surface area contributed by atoms with Crippen molar-refractivity contribution in [2.24, 2.45) is 5.73 Å². The van der Waals surface area contributed by atoms with Crippen LogP contribution in [-0.2, 0) is 0 Å². The molecule has 0 amide bonds. The zero-order valence-corrected chi connectivity index (χ0v) is 8.10. The first-order valence-corrected chi connectivity index (χ1v) is 4.72. The van der Waals surface area contributed by atoms with E-state index >= 15 is 0 Å². The van der Waals surface area contributed by atoms with Crippen molar-refractivity contribution < 1.29 is 9.50 Å². The fourth-order valence-corrected chi connectivity index (χ4v) is 1.56. The van der Waals surface area contributed by atoms with E-state index in [0.717, 1.165) is 0 Å². The molecule has 4 nitrogen and oxygen atoms in total. The summed E-state index contributed by atoms with van der Waals surface area (Å²) in [7, 11) is 0. The van der Waals surface area contributed by atoms with E-state index in [9.17, 15) is 4.39 Å². The van der Waals surface area contributed by atoms with E-state index in [1.807, 2.05) is 0 Å². The molecule has 0 aliphatic heterocycles. The molecule has 0 aliphatic carbocycles. The molecule has 2 heterocycles. The van der Waals surface area contributed by atoms with Crippen LogP contribution in [0.1, 0.15) is 18.2 Å². The Morgan fingerprint density at radius 3 is 3.13 bits per heavy atom. The SMILES string of the molecule is NC(CCO)c1cnc2c(F)cccn12. The number of nitrogens with two attached hydrogens (primary N) is 1. The molecule has 3 N–H and O–H groups in total. The van der Waals surface area contributed by atoms with Gasteiger partial charge in [-0.05, 0) is 18.6 Å². The molecule has 0 bridgehead atoms. The number of fused-ring (bicyclic) bond motifs is 1. The number of halogens is 1. The zero-order valence-electron chi connectivity index (χ0n) is 8.10. The summed E-state index contributed by atoms with van der Waals surface area (Å²) in [6.45, 7) is 0.00369. The molecule has 0 saturated heterocycles. The lowest BCUT2D eigenvalue weighted by molar-refractivity contribution is 0.275. The summed E-state index contributed by atoms with van der Waals surface area (Å²) >= 11 is 0. The van der Waals surface area contributed by atoms with Crippen molar-refractivity contribution in [3.05, 3.63) is 36.0 Å². The van der Waals surface area contributed by atoms with Crippen LogP contribution in [0.15, 0.2) is 24.5 Å². The Hall–Kier alpha value is -1.46. The molecule has 2 rings (SSSR count). The monoisotopic (exact) mass is 209 g/mol. The Morgan fingerprint density at radius 1 is 1.60 bits per heavy atom. The van der Waals surface area contributed by atoms with Gasteiger partial charge in [0.1, 0.15) is 0 Å². The van der Waals surface area contributed by atoms with Crippen LogP contribution in [0.25, 0.3) is 5.65 Å². The normalized spacial score (nSPS) is 13.3. The molecule has 0 radical (unpaired) electrons. The minimum absolute atomic E-state index is 0.00369. The van der Waals surface area contributed by atoms with Gasteiger partial charge < -0.3 is 15.2 Å². The van der Waals surface area contributed by atoms with Crippen LogP contribution in [-0.4, -0.2) is 21.1 Å². The highest BCUT2D eigenvalue weighted by Gasteiger charge is 2.12. The minimum atomic E-state index is -0.375. The number of rotatable bonds is 3. The Balaban J connectivity index is 2.49. The number of nitrogens with zero attached hydrogens (tertiary/aromatic N) is 2. The van der Waals surface area contributed by atoms with Crippen LogP contribution >= 0.6 is 0 Å². The van der Waals surface area contributed by atoms with Crippen molar-refractivity contribution >= 4 is 5.65 Å². The van der Waals surface area contributed by atoms with Crippen LogP contribution in [0.4, 0.5) is 4.39 Å². The summed E-state index contributed by atoms with van der Waals surface area (Å²) in [6.07, 6.45) is 3.68. The van der Waals surface area contributed by atoms with Gasteiger partial charge in [-0.15, -0.1) is 0 Å². The molecule has 0 saturated carbocycles. The lowest BCUT2D eigenvalue weighted by Gasteiger charge is -2.09. The predicted octanol–water partition coefficient (Wildman–Crippen LogP) is 0.856. The first kappa shape index (κ1) is 10.1. The standard InChI is InChI=1S/C10H12FN3O/c11-7-2-1-4-14-9(6-13-10(7)14)8(12)3-5-15/h1-2,4,6,8,15H,3,5,12H2. The summed E-state index contributed by atoms with van der Waals surface area (Å²) in [4.78, 5) is 3.95. The van der Waals surface area contributed by atoms with Gasteiger partial charge in [0.2, 0.25) is 0 Å². The Labute approximate surface area is 86.2 Å². The summed E-state index contributed by atoms with van der Waals surface area (Å²) in [5.41, 5.74) is 6.79. The number of hydrogen-bond acceptors (Lipinski definition) is 3. The van der Waals surface area contributed by atoms with Crippen LogP contribution in [0.5, 0.6) is 0 Å². The van der Waals surface area contributed by atoms with Gasteiger partial charge in [-0.2, -0.15) is 0 Å². The number of aliphatic hydroxyl groups excluding tert-OH is 1. The Kier molecular flexibility index (Phi) is 2.66. The molecule has 2 aromatic heterocycles. The van der Waals surface area contributed by atoms with E-state index < -0.39 is 0 Å². The lowest BCUT2D eigenvalue weighted by Crippen LogP contribution is -2.14. The number of pyridine rings is 1. The maximum absolute atomic E-state index is 13.3. The predicted molar refractivity (Wildman–Crippen MR) is 53.8 cm³/mol. The van der Waals surface area contributed by atoms with Crippen LogP contribution in [0.3, 0.4) is 0 Å². The number of imidazole rings is 1. The van der Waals surface area contributed by atoms with Crippen molar-refractivity contribution in [3.8, 4) is 0 Å². The van der Waals surface area contributed by atoms with Crippen molar-refractivity contribution in [1.82, 2.24) is 9.38 Å². The molecule has 15 heavy (non-hydrogen) atoms. The van der Waals surface area contributed by atoms with Crippen molar-refractivity contribution in [1.29, 1.82) is 0 Å². The quantitative estimate of drug-likeness (QED) is 0.787. The van der Waals surface area contributed by atoms with E-state index in [1.54, 1.807) is 22.9 Å². The van der Waals surface area contributed by atoms with Gasteiger partial charge in [0.05, 0.1) is 11.9 Å². The zero-order chi connectivity index (χ0) is 10.8. The van der Waals surface area contributed by atoms with Gasteiger partial charge in [-0.1, -0.05) is 0 Å². The van der Waals surface area contributed by atoms with Gasteiger partial charge in [0, 0.05) is 18.8 Å². The molecule has 5 heteroatoms. The summed E-state index contributed by atoms with van der Waals surface area (Å²) in [5, 5.41) is 8.78. The third-order valence-corrected chi connectivity index (χ3v) is 2.34. The minimum Gasteiger partial charge on any atom is -0.396 e. The molecule has 0 spiro atoms.